The molecule has 3 N–H and O–H groups in total. The molecule has 0 unspecified atom stereocenters. The van der Waals surface area contributed by atoms with E-state index in [2.05, 4.69) is 46.7 Å². The van der Waals surface area contributed by atoms with Gasteiger partial charge in [0.15, 0.2) is 0 Å². The number of hydrogen-bond donors (Lipinski definition) is 2. The van der Waals surface area contributed by atoms with Gasteiger partial charge in [0.25, 0.3) is 0 Å². The van der Waals surface area contributed by atoms with Crippen LogP contribution >= 0.6 is 0 Å². The molecule has 3 nitrogen and oxygen atoms in total. The van der Waals surface area contributed by atoms with Crippen molar-refractivity contribution in [3.05, 3.63) is 66.4 Å². The summed E-state index contributed by atoms with van der Waals surface area (Å²) in [7, 11) is 0. The van der Waals surface area contributed by atoms with Gasteiger partial charge in [-0.3, -0.25) is 4.98 Å². The minimum atomic E-state index is 0.723. The van der Waals surface area contributed by atoms with Crippen LogP contribution in [0.2, 0.25) is 0 Å². The molecule has 0 fully saturated rings. The quantitative estimate of drug-likeness (QED) is 0.550. The first-order valence-corrected chi connectivity index (χ1v) is 7.25. The number of anilines is 2. The van der Waals surface area contributed by atoms with Crippen molar-refractivity contribution in [3.63, 3.8) is 0 Å². The second kappa shape index (κ2) is 6.27. The number of aromatic nitrogens is 1. The molecule has 106 valence electrons. The predicted molar refractivity (Wildman–Crippen MR) is 89.4 cm³/mol. The highest BCUT2D eigenvalue weighted by Gasteiger charge is 2.03. The van der Waals surface area contributed by atoms with Crippen LogP contribution in [-0.4, -0.2) is 11.5 Å². The highest BCUT2D eigenvalue weighted by molar-refractivity contribution is 5.97. The average Bonchev–Trinajstić information content (AvgIpc) is 2.53. The normalized spacial score (nSPS) is 10.7. The molecule has 3 rings (SSSR count). The largest absolute Gasteiger partial charge is 0.397 e. The molecule has 0 saturated heterocycles. The summed E-state index contributed by atoms with van der Waals surface area (Å²) in [6.07, 6.45) is 3.98. The summed E-state index contributed by atoms with van der Waals surface area (Å²) in [4.78, 5) is 4.35. The van der Waals surface area contributed by atoms with Crippen LogP contribution in [0, 0.1) is 0 Å². The van der Waals surface area contributed by atoms with E-state index >= 15 is 0 Å². The molecular formula is C18H19N3. The summed E-state index contributed by atoms with van der Waals surface area (Å²) in [5.74, 6) is 0. The van der Waals surface area contributed by atoms with E-state index < -0.39 is 0 Å². The van der Waals surface area contributed by atoms with Gasteiger partial charge in [0.2, 0.25) is 0 Å². The molecule has 0 aliphatic carbocycles. The Balaban J connectivity index is 1.65. The van der Waals surface area contributed by atoms with Crippen molar-refractivity contribution in [1.82, 2.24) is 4.98 Å². The van der Waals surface area contributed by atoms with E-state index in [9.17, 15) is 0 Å². The number of nitrogens with two attached hydrogens (primary N) is 1. The summed E-state index contributed by atoms with van der Waals surface area (Å²) < 4.78 is 0. The fraction of sp³-hybridized carbons (Fsp3) is 0.167. The molecule has 0 radical (unpaired) electrons. The lowest BCUT2D eigenvalue weighted by Gasteiger charge is -2.10. The molecule has 21 heavy (non-hydrogen) atoms. The number of pyridine rings is 1. The van der Waals surface area contributed by atoms with Gasteiger partial charge >= 0.3 is 0 Å². The second-order valence-corrected chi connectivity index (χ2v) is 5.12. The minimum Gasteiger partial charge on any atom is -0.397 e. The maximum absolute atomic E-state index is 5.97. The number of benzene rings is 2. The van der Waals surface area contributed by atoms with E-state index in [4.69, 9.17) is 5.73 Å². The maximum atomic E-state index is 5.97. The van der Waals surface area contributed by atoms with Crippen LogP contribution in [0.5, 0.6) is 0 Å². The van der Waals surface area contributed by atoms with Gasteiger partial charge in [-0.05, 0) is 30.5 Å². The molecule has 2 aromatic carbocycles. The topological polar surface area (TPSA) is 50.9 Å². The molecule has 0 amide bonds. The van der Waals surface area contributed by atoms with Crippen molar-refractivity contribution in [2.45, 2.75) is 12.8 Å². The summed E-state index contributed by atoms with van der Waals surface area (Å²) in [6.45, 7) is 0.933. The van der Waals surface area contributed by atoms with Crippen LogP contribution in [0.1, 0.15) is 12.0 Å². The Kier molecular flexibility index (Phi) is 4.01. The summed E-state index contributed by atoms with van der Waals surface area (Å²) in [5, 5.41) is 4.57. The SMILES string of the molecule is Nc1cccc2c(NCCCc3ccccc3)ccnc12. The van der Waals surface area contributed by atoms with Gasteiger partial charge in [0.05, 0.1) is 11.2 Å². The smallest absolute Gasteiger partial charge is 0.0951 e. The highest BCUT2D eigenvalue weighted by Crippen LogP contribution is 2.25. The number of fused-ring (bicyclic) bond motifs is 1. The van der Waals surface area contributed by atoms with Crippen LogP contribution < -0.4 is 11.1 Å². The molecule has 0 bridgehead atoms. The lowest BCUT2D eigenvalue weighted by atomic mass is 10.1. The average molecular weight is 277 g/mol. The van der Waals surface area contributed by atoms with E-state index in [1.165, 1.54) is 5.56 Å². The molecule has 0 spiro atoms. The van der Waals surface area contributed by atoms with Gasteiger partial charge in [-0.1, -0.05) is 42.5 Å². The fourth-order valence-corrected chi connectivity index (χ4v) is 2.51. The first-order chi connectivity index (χ1) is 10.3. The Hall–Kier alpha value is -2.55. The lowest BCUT2D eigenvalue weighted by Crippen LogP contribution is -2.04. The third-order valence-electron chi connectivity index (χ3n) is 3.60. The summed E-state index contributed by atoms with van der Waals surface area (Å²) >= 11 is 0. The molecule has 0 aliphatic heterocycles. The van der Waals surface area contributed by atoms with Gasteiger partial charge in [-0.15, -0.1) is 0 Å². The molecule has 0 aliphatic rings. The highest BCUT2D eigenvalue weighted by atomic mass is 14.9. The summed E-state index contributed by atoms with van der Waals surface area (Å²) in [6, 6.07) is 18.5. The van der Waals surface area contributed by atoms with Crippen molar-refractivity contribution in [3.8, 4) is 0 Å². The Bertz CT molecular complexity index is 723. The first kappa shape index (κ1) is 13.4. The number of rotatable bonds is 5. The van der Waals surface area contributed by atoms with Crippen molar-refractivity contribution in [2.75, 3.05) is 17.6 Å². The molecule has 3 aromatic rings. The predicted octanol–water partition coefficient (Wildman–Crippen LogP) is 3.86. The van der Waals surface area contributed by atoms with Gasteiger partial charge in [0, 0.05) is 23.8 Å². The Morgan fingerprint density at radius 3 is 2.67 bits per heavy atom. The minimum absolute atomic E-state index is 0.723. The van der Waals surface area contributed by atoms with Gasteiger partial charge in [-0.2, -0.15) is 0 Å². The molecular weight excluding hydrogens is 258 g/mol. The fourth-order valence-electron chi connectivity index (χ4n) is 2.51. The van der Waals surface area contributed by atoms with Crippen LogP contribution in [0.25, 0.3) is 10.9 Å². The monoisotopic (exact) mass is 277 g/mol. The number of nitrogens with zero attached hydrogens (tertiary/aromatic N) is 1. The van der Waals surface area contributed by atoms with E-state index in [1.54, 1.807) is 6.20 Å². The molecule has 1 heterocycles. The molecule has 0 atom stereocenters. The molecule has 1 aromatic heterocycles. The van der Waals surface area contributed by atoms with Gasteiger partial charge < -0.3 is 11.1 Å². The van der Waals surface area contributed by atoms with Crippen molar-refractivity contribution in [2.24, 2.45) is 0 Å². The van der Waals surface area contributed by atoms with Crippen LogP contribution in [0.15, 0.2) is 60.8 Å². The zero-order valence-electron chi connectivity index (χ0n) is 11.9. The third kappa shape index (κ3) is 3.14. The molecule has 3 heteroatoms. The van der Waals surface area contributed by atoms with Crippen LogP contribution in [0.3, 0.4) is 0 Å². The zero-order chi connectivity index (χ0) is 14.5. The Morgan fingerprint density at radius 1 is 0.952 bits per heavy atom. The van der Waals surface area contributed by atoms with Crippen LogP contribution in [-0.2, 0) is 6.42 Å². The molecule has 0 saturated carbocycles. The summed E-state index contributed by atoms with van der Waals surface area (Å²) in [5.41, 5.74) is 10.0. The van der Waals surface area contributed by atoms with Crippen LogP contribution in [0.4, 0.5) is 11.4 Å². The van der Waals surface area contributed by atoms with E-state index in [0.29, 0.717) is 0 Å². The van der Waals surface area contributed by atoms with Gasteiger partial charge in [0.1, 0.15) is 0 Å². The van der Waals surface area contributed by atoms with E-state index in [0.717, 1.165) is 41.7 Å². The van der Waals surface area contributed by atoms with Crippen molar-refractivity contribution in [1.29, 1.82) is 0 Å². The standard InChI is InChI=1S/C18H19N3/c19-16-10-4-9-15-17(11-13-21-18(15)16)20-12-5-8-14-6-2-1-3-7-14/h1-4,6-7,9-11,13H,5,8,12,19H2,(H,20,21). The number of hydrogen-bond acceptors (Lipinski definition) is 3. The zero-order valence-corrected chi connectivity index (χ0v) is 11.9. The maximum Gasteiger partial charge on any atom is 0.0951 e. The first-order valence-electron chi connectivity index (χ1n) is 7.25. The lowest BCUT2D eigenvalue weighted by molar-refractivity contribution is 0.864. The number of para-hydroxylation sites is 1. The van der Waals surface area contributed by atoms with E-state index in [-0.39, 0.29) is 0 Å². The second-order valence-electron chi connectivity index (χ2n) is 5.12. The third-order valence-corrected chi connectivity index (χ3v) is 3.60. The number of nitrogen functional groups attached to an aromatic ring is 1. The van der Waals surface area contributed by atoms with E-state index in [1.807, 2.05) is 18.2 Å². The van der Waals surface area contributed by atoms with Gasteiger partial charge in [-0.25, -0.2) is 0 Å². The van der Waals surface area contributed by atoms with Crippen molar-refractivity contribution >= 4 is 22.3 Å². The number of aryl methyl sites for hydroxylation is 1. The Morgan fingerprint density at radius 2 is 1.81 bits per heavy atom. The van der Waals surface area contributed by atoms with Crippen molar-refractivity contribution < 1.29 is 0 Å². The number of nitrogens with one attached hydrogen (secondary N) is 1. The Labute approximate surface area is 124 Å².